The molecule has 2 aromatic carbocycles. The van der Waals surface area contributed by atoms with Crippen LogP contribution in [0.3, 0.4) is 0 Å². The second kappa shape index (κ2) is 7.94. The van der Waals surface area contributed by atoms with E-state index in [-0.39, 0.29) is 36.6 Å². The highest BCUT2D eigenvalue weighted by molar-refractivity contribution is 9.11. The summed E-state index contributed by atoms with van der Waals surface area (Å²) in [4.78, 5) is 11.9. The first-order chi connectivity index (χ1) is 13.6. The quantitative estimate of drug-likeness (QED) is 0.258. The number of benzene rings is 2. The molecule has 2 aliphatic rings. The van der Waals surface area contributed by atoms with Crippen LogP contribution in [-0.4, -0.2) is 10.9 Å². The molecular formula is C19H7Br2Cl5O3. The first-order valence-electron chi connectivity index (χ1n) is 7.97. The van der Waals surface area contributed by atoms with Gasteiger partial charge in [0.1, 0.15) is 21.7 Å². The van der Waals surface area contributed by atoms with E-state index in [1.807, 2.05) is 0 Å². The Labute approximate surface area is 207 Å². The fourth-order valence-corrected chi connectivity index (χ4v) is 6.06. The number of rotatable bonds is 1. The standard InChI is InChI=1S/C19H7Br2Cl5O3/c20-8-4-7-10(11-13(22)15(24)17(26)16(25)14(11)23)6-2-1-5(27)3-9(6)29-19(7)12(21)18(8)28/h1-4,6,10,28H. The van der Waals surface area contributed by atoms with E-state index >= 15 is 0 Å². The Kier molecular flexibility index (Phi) is 5.97. The normalized spacial score (nSPS) is 20.1. The Hall–Kier alpha value is -0.400. The molecule has 0 fully saturated rings. The molecule has 2 unspecified atom stereocenters. The smallest absolute Gasteiger partial charge is 0.181 e. The average Bonchev–Trinajstić information content (AvgIpc) is 2.69. The number of phenols is 1. The van der Waals surface area contributed by atoms with Crippen molar-refractivity contribution in [2.45, 2.75) is 5.92 Å². The van der Waals surface area contributed by atoms with Crippen LogP contribution in [0.1, 0.15) is 17.0 Å². The van der Waals surface area contributed by atoms with E-state index < -0.39 is 11.8 Å². The maximum Gasteiger partial charge on any atom is 0.181 e. The molecule has 10 heteroatoms. The second-order valence-electron chi connectivity index (χ2n) is 6.34. The average molecular weight is 620 g/mol. The molecule has 1 aliphatic heterocycles. The fraction of sp³-hybridized carbons (Fsp3) is 0.105. The number of ketones is 1. The van der Waals surface area contributed by atoms with Crippen molar-refractivity contribution in [1.82, 2.24) is 0 Å². The molecule has 0 amide bonds. The van der Waals surface area contributed by atoms with Gasteiger partial charge in [-0.25, -0.2) is 0 Å². The largest absolute Gasteiger partial charge is 0.505 e. The lowest BCUT2D eigenvalue weighted by Crippen LogP contribution is -2.27. The van der Waals surface area contributed by atoms with E-state index in [9.17, 15) is 9.90 Å². The molecule has 0 saturated heterocycles. The van der Waals surface area contributed by atoms with Gasteiger partial charge in [0, 0.05) is 29.0 Å². The predicted octanol–water partition coefficient (Wildman–Crippen LogP) is 8.35. The van der Waals surface area contributed by atoms with Gasteiger partial charge >= 0.3 is 0 Å². The van der Waals surface area contributed by atoms with Gasteiger partial charge in [0.2, 0.25) is 0 Å². The van der Waals surface area contributed by atoms with Crippen LogP contribution in [0.25, 0.3) is 0 Å². The van der Waals surface area contributed by atoms with Gasteiger partial charge in [-0.15, -0.1) is 0 Å². The van der Waals surface area contributed by atoms with Crippen molar-refractivity contribution in [3.8, 4) is 11.5 Å². The lowest BCUT2D eigenvalue weighted by atomic mass is 9.76. The summed E-state index contributed by atoms with van der Waals surface area (Å²) in [6.07, 6.45) is 4.54. The highest BCUT2D eigenvalue weighted by Crippen LogP contribution is 2.57. The third-order valence-electron chi connectivity index (χ3n) is 4.73. The molecule has 1 aliphatic carbocycles. The van der Waals surface area contributed by atoms with Crippen LogP contribution < -0.4 is 4.74 Å². The van der Waals surface area contributed by atoms with E-state index in [2.05, 4.69) is 31.9 Å². The van der Waals surface area contributed by atoms with Gasteiger partial charge in [0.15, 0.2) is 5.78 Å². The molecule has 1 N–H and O–H groups in total. The van der Waals surface area contributed by atoms with Crippen molar-refractivity contribution in [2.75, 3.05) is 0 Å². The third-order valence-corrected chi connectivity index (χ3v) is 8.37. The van der Waals surface area contributed by atoms with Gasteiger partial charge in [0.25, 0.3) is 0 Å². The van der Waals surface area contributed by atoms with Crippen LogP contribution in [0.2, 0.25) is 25.1 Å². The summed E-state index contributed by atoms with van der Waals surface area (Å²) < 4.78 is 6.71. The molecule has 2 aromatic rings. The summed E-state index contributed by atoms with van der Waals surface area (Å²) >= 11 is 38.6. The van der Waals surface area contributed by atoms with Gasteiger partial charge in [-0.05, 0) is 44.0 Å². The van der Waals surface area contributed by atoms with Crippen molar-refractivity contribution < 1.29 is 14.6 Å². The van der Waals surface area contributed by atoms with Crippen LogP contribution >= 0.6 is 89.9 Å². The zero-order valence-electron chi connectivity index (χ0n) is 13.9. The number of fused-ring (bicyclic) bond motifs is 2. The van der Waals surface area contributed by atoms with Crippen LogP contribution in [0.5, 0.6) is 11.5 Å². The van der Waals surface area contributed by atoms with E-state index in [4.69, 9.17) is 62.7 Å². The fourth-order valence-electron chi connectivity index (χ4n) is 3.44. The molecule has 29 heavy (non-hydrogen) atoms. The summed E-state index contributed by atoms with van der Waals surface area (Å²) in [5.74, 6) is -0.493. The maximum atomic E-state index is 11.9. The Morgan fingerprint density at radius 3 is 2.17 bits per heavy atom. The van der Waals surface area contributed by atoms with Crippen molar-refractivity contribution >= 4 is 95.6 Å². The summed E-state index contributed by atoms with van der Waals surface area (Å²) in [6, 6.07) is 1.70. The number of ether oxygens (including phenoxy) is 1. The van der Waals surface area contributed by atoms with Gasteiger partial charge in [0.05, 0.1) is 29.6 Å². The molecule has 0 bridgehead atoms. The maximum absolute atomic E-state index is 11.9. The minimum atomic E-state index is -0.519. The Morgan fingerprint density at radius 2 is 1.55 bits per heavy atom. The van der Waals surface area contributed by atoms with Crippen molar-refractivity contribution in [3.63, 3.8) is 0 Å². The molecular weight excluding hydrogens is 613 g/mol. The number of aromatic hydroxyl groups is 1. The first kappa shape index (κ1) is 21.8. The number of carbonyl (C=O) groups is 1. The molecule has 3 nitrogen and oxygen atoms in total. The number of phenolic OH excluding ortho intramolecular Hbond substituents is 1. The number of hydrogen-bond donors (Lipinski definition) is 1. The Morgan fingerprint density at radius 1 is 0.966 bits per heavy atom. The van der Waals surface area contributed by atoms with Crippen molar-refractivity contribution in [2.24, 2.45) is 5.92 Å². The van der Waals surface area contributed by atoms with Crippen LogP contribution in [0, 0.1) is 5.92 Å². The minimum absolute atomic E-state index is 0.0522. The van der Waals surface area contributed by atoms with Crippen LogP contribution in [0.4, 0.5) is 0 Å². The molecule has 4 rings (SSSR count). The third kappa shape index (κ3) is 3.43. The summed E-state index contributed by atoms with van der Waals surface area (Å²) in [6.45, 7) is 0. The summed E-state index contributed by atoms with van der Waals surface area (Å²) in [5.41, 5.74) is 1.10. The molecule has 0 saturated carbocycles. The van der Waals surface area contributed by atoms with Crippen molar-refractivity contribution in [1.29, 1.82) is 0 Å². The molecule has 0 radical (unpaired) electrons. The van der Waals surface area contributed by atoms with E-state index in [1.165, 1.54) is 12.2 Å². The number of allylic oxidation sites excluding steroid dienone is 3. The highest BCUT2D eigenvalue weighted by Gasteiger charge is 2.41. The van der Waals surface area contributed by atoms with Gasteiger partial charge in [-0.2, -0.15) is 0 Å². The summed E-state index contributed by atoms with van der Waals surface area (Å²) in [5, 5.41) is 10.8. The molecule has 150 valence electrons. The SMILES string of the molecule is O=C1C=CC2C(=C1)Oc1c(cc(Br)c(O)c1Br)C2c1c(Cl)c(Cl)c(Cl)c(Cl)c1Cl. The second-order valence-corrected chi connectivity index (χ2v) is 9.87. The zero-order valence-corrected chi connectivity index (χ0v) is 20.8. The van der Waals surface area contributed by atoms with E-state index in [0.717, 1.165) is 0 Å². The number of hydrogen-bond acceptors (Lipinski definition) is 3. The van der Waals surface area contributed by atoms with Gasteiger partial charge in [-0.1, -0.05) is 64.1 Å². The van der Waals surface area contributed by atoms with Gasteiger partial charge < -0.3 is 9.84 Å². The van der Waals surface area contributed by atoms with Crippen molar-refractivity contribution in [3.05, 3.63) is 75.2 Å². The van der Waals surface area contributed by atoms with Crippen LogP contribution in [0.15, 0.2) is 39.0 Å². The highest BCUT2D eigenvalue weighted by atomic mass is 79.9. The lowest BCUT2D eigenvalue weighted by molar-refractivity contribution is -0.110. The molecule has 1 heterocycles. The molecule has 0 spiro atoms. The lowest BCUT2D eigenvalue weighted by Gasteiger charge is -2.37. The number of halogens is 7. The first-order valence-corrected chi connectivity index (χ1v) is 11.4. The minimum Gasteiger partial charge on any atom is -0.505 e. The summed E-state index contributed by atoms with van der Waals surface area (Å²) in [7, 11) is 0. The topological polar surface area (TPSA) is 46.5 Å². The number of carbonyl (C=O) groups excluding carboxylic acids is 1. The predicted molar refractivity (Wildman–Crippen MR) is 123 cm³/mol. The molecule has 0 aromatic heterocycles. The Balaban J connectivity index is 2.09. The van der Waals surface area contributed by atoms with E-state index in [0.29, 0.717) is 31.6 Å². The van der Waals surface area contributed by atoms with Crippen LogP contribution in [-0.2, 0) is 4.79 Å². The molecule has 2 atom stereocenters. The zero-order chi connectivity index (χ0) is 21.2. The Bertz CT molecular complexity index is 1130. The van der Waals surface area contributed by atoms with E-state index in [1.54, 1.807) is 12.1 Å². The monoisotopic (exact) mass is 616 g/mol. The van der Waals surface area contributed by atoms with Gasteiger partial charge in [-0.3, -0.25) is 4.79 Å².